The van der Waals surface area contributed by atoms with Crippen LogP contribution in [0.15, 0.2) is 23.1 Å². The zero-order valence-electron chi connectivity index (χ0n) is 8.99. The lowest BCUT2D eigenvalue weighted by atomic mass is 10.1. The molecular formula is C10H11F3N2OS. The van der Waals surface area contributed by atoms with Gasteiger partial charge in [-0.25, -0.2) is 0 Å². The number of rotatable bonds is 3. The zero-order chi connectivity index (χ0) is 13.2. The second-order valence-corrected chi connectivity index (χ2v) is 4.16. The summed E-state index contributed by atoms with van der Waals surface area (Å²) in [5, 5.41) is 0. The lowest BCUT2D eigenvalue weighted by molar-refractivity contribution is -0.158. The molecule has 0 saturated carbocycles. The Bertz CT molecular complexity index is 481. The summed E-state index contributed by atoms with van der Waals surface area (Å²) in [4.78, 5) is 10.8. The zero-order valence-corrected chi connectivity index (χ0v) is 9.81. The molecule has 7 heteroatoms. The van der Waals surface area contributed by atoms with Crippen LogP contribution in [0.5, 0.6) is 0 Å². The SMILES string of the molecule is Cc1ccn(CC(C(N)=S)C(F)(F)F)c(=O)c1. The van der Waals surface area contributed by atoms with Gasteiger partial charge in [-0.05, 0) is 18.6 Å². The number of nitrogens with zero attached hydrogens (tertiary/aromatic N) is 1. The number of halogens is 3. The number of aromatic nitrogens is 1. The highest BCUT2D eigenvalue weighted by atomic mass is 32.1. The van der Waals surface area contributed by atoms with Crippen molar-refractivity contribution in [2.24, 2.45) is 11.7 Å². The summed E-state index contributed by atoms with van der Waals surface area (Å²) >= 11 is 4.38. The molecule has 17 heavy (non-hydrogen) atoms. The van der Waals surface area contributed by atoms with Gasteiger partial charge in [0.05, 0.1) is 4.99 Å². The van der Waals surface area contributed by atoms with E-state index in [0.717, 1.165) is 4.57 Å². The van der Waals surface area contributed by atoms with Gasteiger partial charge >= 0.3 is 6.18 Å². The molecule has 1 aromatic rings. The van der Waals surface area contributed by atoms with Crippen molar-refractivity contribution in [1.29, 1.82) is 0 Å². The monoisotopic (exact) mass is 264 g/mol. The van der Waals surface area contributed by atoms with Gasteiger partial charge in [-0.3, -0.25) is 4.79 Å². The Morgan fingerprint density at radius 2 is 2.18 bits per heavy atom. The molecule has 1 heterocycles. The molecule has 0 aliphatic carbocycles. The van der Waals surface area contributed by atoms with E-state index in [0.29, 0.717) is 5.56 Å². The lowest BCUT2D eigenvalue weighted by Gasteiger charge is -2.19. The van der Waals surface area contributed by atoms with E-state index >= 15 is 0 Å². The predicted molar refractivity (Wildman–Crippen MR) is 61.8 cm³/mol. The average molecular weight is 264 g/mol. The molecule has 0 aliphatic heterocycles. The van der Waals surface area contributed by atoms with Crippen molar-refractivity contribution in [1.82, 2.24) is 4.57 Å². The average Bonchev–Trinajstić information content (AvgIpc) is 2.13. The van der Waals surface area contributed by atoms with E-state index in [1.807, 2.05) is 0 Å². The Labute approximate surface area is 101 Å². The van der Waals surface area contributed by atoms with Gasteiger partial charge in [0.2, 0.25) is 0 Å². The van der Waals surface area contributed by atoms with Gasteiger partial charge in [0.1, 0.15) is 5.92 Å². The van der Waals surface area contributed by atoms with Gasteiger partial charge in [-0.1, -0.05) is 12.2 Å². The summed E-state index contributed by atoms with van der Waals surface area (Å²) < 4.78 is 38.7. The first-order chi connectivity index (χ1) is 7.71. The molecule has 0 bridgehead atoms. The van der Waals surface area contributed by atoms with E-state index in [1.165, 1.54) is 12.3 Å². The van der Waals surface area contributed by atoms with Crippen LogP contribution in [-0.2, 0) is 6.54 Å². The summed E-state index contributed by atoms with van der Waals surface area (Å²) in [5.41, 5.74) is 5.23. The molecule has 0 saturated heterocycles. The fraction of sp³-hybridized carbons (Fsp3) is 0.400. The van der Waals surface area contributed by atoms with E-state index in [4.69, 9.17) is 5.73 Å². The second-order valence-electron chi connectivity index (χ2n) is 3.69. The largest absolute Gasteiger partial charge is 0.399 e. The van der Waals surface area contributed by atoms with Crippen LogP contribution >= 0.6 is 12.2 Å². The van der Waals surface area contributed by atoms with Crippen LogP contribution in [0.3, 0.4) is 0 Å². The molecule has 94 valence electrons. The van der Waals surface area contributed by atoms with Gasteiger partial charge < -0.3 is 10.3 Å². The number of aryl methyl sites for hydroxylation is 1. The third kappa shape index (κ3) is 3.55. The highest BCUT2D eigenvalue weighted by Crippen LogP contribution is 2.27. The molecular weight excluding hydrogens is 253 g/mol. The minimum absolute atomic E-state index is 0.504. The van der Waals surface area contributed by atoms with Crippen molar-refractivity contribution >= 4 is 17.2 Å². The number of hydrogen-bond donors (Lipinski definition) is 1. The maximum Gasteiger partial charge on any atom is 0.399 e. The Kier molecular flexibility index (Phi) is 3.92. The number of pyridine rings is 1. The minimum atomic E-state index is -4.55. The molecule has 1 atom stereocenters. The topological polar surface area (TPSA) is 48.0 Å². The standard InChI is InChI=1S/C10H11F3N2OS/c1-6-2-3-15(8(16)4-6)5-7(9(14)17)10(11,12)13/h2-4,7H,5H2,1H3,(H2,14,17). The maximum absolute atomic E-state index is 12.6. The molecule has 0 aromatic carbocycles. The Morgan fingerprint density at radius 1 is 1.59 bits per heavy atom. The normalized spacial score (nSPS) is 13.4. The number of hydrogen-bond acceptors (Lipinski definition) is 2. The fourth-order valence-corrected chi connectivity index (χ4v) is 1.52. The van der Waals surface area contributed by atoms with E-state index in [2.05, 4.69) is 12.2 Å². The Morgan fingerprint density at radius 3 is 2.59 bits per heavy atom. The van der Waals surface area contributed by atoms with Crippen LogP contribution in [0.2, 0.25) is 0 Å². The summed E-state index contributed by atoms with van der Waals surface area (Å²) in [5.74, 6) is -1.99. The number of thiocarbonyl (C=S) groups is 1. The predicted octanol–water partition coefficient (Wildman–Crippen LogP) is 1.62. The van der Waals surface area contributed by atoms with E-state index in [1.54, 1.807) is 13.0 Å². The van der Waals surface area contributed by atoms with Crippen molar-refractivity contribution in [3.05, 3.63) is 34.2 Å². The van der Waals surface area contributed by atoms with Gasteiger partial charge in [0.25, 0.3) is 5.56 Å². The van der Waals surface area contributed by atoms with Gasteiger partial charge in [-0.2, -0.15) is 13.2 Å². The number of alkyl halides is 3. The first-order valence-corrected chi connectivity index (χ1v) is 5.16. The Hall–Kier alpha value is -1.37. The van der Waals surface area contributed by atoms with Gasteiger partial charge in [-0.15, -0.1) is 0 Å². The van der Waals surface area contributed by atoms with E-state index in [9.17, 15) is 18.0 Å². The van der Waals surface area contributed by atoms with Crippen LogP contribution in [0, 0.1) is 12.8 Å². The van der Waals surface area contributed by atoms with Gasteiger partial charge in [0, 0.05) is 18.8 Å². The quantitative estimate of drug-likeness (QED) is 0.844. The van der Waals surface area contributed by atoms with Crippen molar-refractivity contribution < 1.29 is 13.2 Å². The molecule has 2 N–H and O–H groups in total. The first kappa shape index (κ1) is 13.7. The van der Waals surface area contributed by atoms with E-state index in [-0.39, 0.29) is 0 Å². The number of nitrogens with two attached hydrogens (primary N) is 1. The molecule has 0 radical (unpaired) electrons. The van der Waals surface area contributed by atoms with Crippen molar-refractivity contribution in [3.8, 4) is 0 Å². The molecule has 0 aliphatic rings. The third-order valence-corrected chi connectivity index (χ3v) is 2.55. The molecule has 0 amide bonds. The smallest absolute Gasteiger partial charge is 0.393 e. The summed E-state index contributed by atoms with van der Waals surface area (Å²) in [6, 6.07) is 2.81. The van der Waals surface area contributed by atoms with Crippen LogP contribution in [0.25, 0.3) is 0 Å². The van der Waals surface area contributed by atoms with Gasteiger partial charge in [0.15, 0.2) is 0 Å². The highest BCUT2D eigenvalue weighted by molar-refractivity contribution is 7.80. The first-order valence-electron chi connectivity index (χ1n) is 4.75. The maximum atomic E-state index is 12.6. The molecule has 1 aromatic heterocycles. The van der Waals surface area contributed by atoms with Crippen LogP contribution in [0.4, 0.5) is 13.2 Å². The summed E-state index contributed by atoms with van der Waals surface area (Å²) in [6.07, 6.45) is -3.25. The van der Waals surface area contributed by atoms with E-state index < -0.39 is 29.2 Å². The molecule has 1 unspecified atom stereocenters. The van der Waals surface area contributed by atoms with Crippen molar-refractivity contribution in [3.63, 3.8) is 0 Å². The second kappa shape index (κ2) is 4.87. The minimum Gasteiger partial charge on any atom is -0.393 e. The van der Waals surface area contributed by atoms with Crippen molar-refractivity contribution in [2.45, 2.75) is 19.6 Å². The van der Waals surface area contributed by atoms with Crippen molar-refractivity contribution in [2.75, 3.05) is 0 Å². The Balaban J connectivity index is 3.03. The molecule has 1 rings (SSSR count). The summed E-state index contributed by atoms with van der Waals surface area (Å²) in [6.45, 7) is 1.10. The highest BCUT2D eigenvalue weighted by Gasteiger charge is 2.41. The fourth-order valence-electron chi connectivity index (χ4n) is 1.31. The van der Waals surface area contributed by atoms with Crippen LogP contribution in [-0.4, -0.2) is 15.7 Å². The van der Waals surface area contributed by atoms with Crippen LogP contribution < -0.4 is 11.3 Å². The lowest BCUT2D eigenvalue weighted by Crippen LogP contribution is -2.39. The third-order valence-electron chi connectivity index (χ3n) is 2.27. The van der Waals surface area contributed by atoms with Crippen LogP contribution in [0.1, 0.15) is 5.56 Å². The summed E-state index contributed by atoms with van der Waals surface area (Å²) in [7, 11) is 0. The molecule has 0 fully saturated rings. The molecule has 3 nitrogen and oxygen atoms in total. The molecule has 0 spiro atoms.